The van der Waals surface area contributed by atoms with E-state index in [1.807, 2.05) is 0 Å². The number of hydrogen-bond acceptors (Lipinski definition) is 5. The fraction of sp³-hybridized carbons (Fsp3) is 0.312. The number of hydrogen-bond donors (Lipinski definition) is 4. The van der Waals surface area contributed by atoms with Crippen LogP contribution in [0.5, 0.6) is 0 Å². The SMILES string of the molecule is CN(CC1CNNC1c1ccc(F)cc1)C(=O)c1nc[nH]c1C(=O)O. The Morgan fingerprint density at radius 3 is 2.76 bits per heavy atom. The molecule has 2 unspecified atom stereocenters. The smallest absolute Gasteiger partial charge is 0.354 e. The fourth-order valence-corrected chi connectivity index (χ4v) is 2.97. The molecule has 0 aliphatic carbocycles. The molecule has 8 nitrogen and oxygen atoms in total. The van der Waals surface area contributed by atoms with Crippen LogP contribution in [0.1, 0.15) is 32.6 Å². The molecule has 1 aliphatic heterocycles. The lowest BCUT2D eigenvalue weighted by atomic mass is 9.94. The summed E-state index contributed by atoms with van der Waals surface area (Å²) >= 11 is 0. The number of imidazole rings is 1. The fourth-order valence-electron chi connectivity index (χ4n) is 2.97. The number of aromatic amines is 1. The second-order valence-corrected chi connectivity index (χ2v) is 5.93. The highest BCUT2D eigenvalue weighted by Gasteiger charge is 2.31. The van der Waals surface area contributed by atoms with Gasteiger partial charge in [-0.3, -0.25) is 10.2 Å². The van der Waals surface area contributed by atoms with E-state index in [-0.39, 0.29) is 29.2 Å². The maximum absolute atomic E-state index is 13.1. The minimum atomic E-state index is -1.23. The molecular formula is C16H18FN5O3. The van der Waals surface area contributed by atoms with Crippen LogP contribution in [0.15, 0.2) is 30.6 Å². The van der Waals surface area contributed by atoms with Gasteiger partial charge < -0.3 is 15.0 Å². The van der Waals surface area contributed by atoms with E-state index in [1.54, 1.807) is 19.2 Å². The minimum absolute atomic E-state index is 0.0339. The number of rotatable bonds is 5. The molecule has 1 aliphatic rings. The van der Waals surface area contributed by atoms with E-state index in [2.05, 4.69) is 20.8 Å². The standard InChI is InChI=1S/C16H18FN5O3/c1-22(15(23)13-14(16(24)25)19-8-18-13)7-10-6-20-21-12(10)9-2-4-11(17)5-3-9/h2-5,8,10,12,20-21H,6-7H2,1H3,(H,18,19)(H,24,25). The Balaban J connectivity index is 1.72. The van der Waals surface area contributed by atoms with Gasteiger partial charge in [0.05, 0.1) is 12.4 Å². The number of aromatic carboxylic acids is 1. The first-order chi connectivity index (χ1) is 12.0. The summed E-state index contributed by atoms with van der Waals surface area (Å²) in [5.74, 6) is -1.98. The molecule has 2 aromatic rings. The van der Waals surface area contributed by atoms with Crippen LogP contribution in [-0.4, -0.2) is 52.0 Å². The van der Waals surface area contributed by atoms with Gasteiger partial charge in [-0.15, -0.1) is 0 Å². The van der Waals surface area contributed by atoms with Gasteiger partial charge in [0, 0.05) is 26.1 Å². The zero-order valence-corrected chi connectivity index (χ0v) is 13.5. The van der Waals surface area contributed by atoms with Crippen molar-refractivity contribution in [1.29, 1.82) is 0 Å². The van der Waals surface area contributed by atoms with Crippen LogP contribution >= 0.6 is 0 Å². The summed E-state index contributed by atoms with van der Waals surface area (Å²) in [7, 11) is 1.60. The molecule has 3 rings (SSSR count). The predicted molar refractivity (Wildman–Crippen MR) is 86.3 cm³/mol. The normalized spacial score (nSPS) is 19.8. The maximum atomic E-state index is 13.1. The number of nitrogens with zero attached hydrogens (tertiary/aromatic N) is 2. The molecule has 0 saturated carbocycles. The lowest BCUT2D eigenvalue weighted by molar-refractivity contribution is 0.0672. The van der Waals surface area contributed by atoms with Crippen LogP contribution in [0.2, 0.25) is 0 Å². The van der Waals surface area contributed by atoms with Crippen molar-refractivity contribution >= 4 is 11.9 Å². The predicted octanol–water partition coefficient (Wildman–Crippen LogP) is 0.784. The van der Waals surface area contributed by atoms with Crippen molar-refractivity contribution in [2.24, 2.45) is 5.92 Å². The zero-order valence-electron chi connectivity index (χ0n) is 13.5. The van der Waals surface area contributed by atoms with Gasteiger partial charge in [-0.1, -0.05) is 12.1 Å². The van der Waals surface area contributed by atoms with E-state index in [1.165, 1.54) is 23.4 Å². The van der Waals surface area contributed by atoms with Crippen molar-refractivity contribution in [2.75, 3.05) is 20.1 Å². The second-order valence-electron chi connectivity index (χ2n) is 5.93. The third-order valence-corrected chi connectivity index (χ3v) is 4.23. The number of hydrazine groups is 1. The largest absolute Gasteiger partial charge is 0.477 e. The molecule has 2 atom stereocenters. The summed E-state index contributed by atoms with van der Waals surface area (Å²) < 4.78 is 13.1. The number of carboxylic acid groups (broad SMARTS) is 1. The minimum Gasteiger partial charge on any atom is -0.477 e. The van der Waals surface area contributed by atoms with Crippen molar-refractivity contribution in [2.45, 2.75) is 6.04 Å². The molecule has 1 amide bonds. The number of aromatic nitrogens is 2. The van der Waals surface area contributed by atoms with E-state index in [9.17, 15) is 14.0 Å². The molecule has 2 heterocycles. The molecule has 0 bridgehead atoms. The molecule has 4 N–H and O–H groups in total. The molecule has 1 aromatic heterocycles. The number of halogens is 1. The highest BCUT2D eigenvalue weighted by molar-refractivity contribution is 6.02. The highest BCUT2D eigenvalue weighted by Crippen LogP contribution is 2.26. The number of carbonyl (C=O) groups is 2. The molecule has 25 heavy (non-hydrogen) atoms. The van der Waals surface area contributed by atoms with Gasteiger partial charge in [-0.25, -0.2) is 19.6 Å². The summed E-state index contributed by atoms with van der Waals surface area (Å²) in [6.45, 7) is 0.999. The van der Waals surface area contributed by atoms with Crippen LogP contribution in [0.3, 0.4) is 0 Å². The first-order valence-corrected chi connectivity index (χ1v) is 7.73. The molecule has 1 saturated heterocycles. The quantitative estimate of drug-likeness (QED) is 0.636. The first kappa shape index (κ1) is 17.1. The Morgan fingerprint density at radius 2 is 2.08 bits per heavy atom. The summed E-state index contributed by atoms with van der Waals surface area (Å²) in [5.41, 5.74) is 6.73. The van der Waals surface area contributed by atoms with Crippen molar-refractivity contribution in [1.82, 2.24) is 25.7 Å². The zero-order chi connectivity index (χ0) is 18.0. The summed E-state index contributed by atoms with van der Waals surface area (Å²) in [4.78, 5) is 31.3. The molecule has 0 radical (unpaired) electrons. The molecule has 132 valence electrons. The van der Waals surface area contributed by atoms with Crippen LogP contribution < -0.4 is 10.9 Å². The average Bonchev–Trinajstić information content (AvgIpc) is 3.24. The molecule has 0 spiro atoms. The first-order valence-electron chi connectivity index (χ1n) is 7.73. The van der Waals surface area contributed by atoms with Gasteiger partial charge in [0.25, 0.3) is 5.91 Å². The van der Waals surface area contributed by atoms with Gasteiger partial charge in [0.1, 0.15) is 5.82 Å². The maximum Gasteiger partial charge on any atom is 0.354 e. The monoisotopic (exact) mass is 347 g/mol. The summed E-state index contributed by atoms with van der Waals surface area (Å²) in [6, 6.07) is 6.10. The molecule has 9 heteroatoms. The Morgan fingerprint density at radius 1 is 1.36 bits per heavy atom. The van der Waals surface area contributed by atoms with E-state index in [0.29, 0.717) is 13.1 Å². The van der Waals surface area contributed by atoms with E-state index >= 15 is 0 Å². The Bertz CT molecular complexity index is 776. The lowest BCUT2D eigenvalue weighted by Gasteiger charge is -2.24. The third-order valence-electron chi connectivity index (χ3n) is 4.23. The van der Waals surface area contributed by atoms with Crippen LogP contribution in [0, 0.1) is 11.7 Å². The number of H-pyrrole nitrogens is 1. The van der Waals surface area contributed by atoms with Crippen molar-refractivity contribution < 1.29 is 19.1 Å². The number of carboxylic acids is 1. The topological polar surface area (TPSA) is 110 Å². The van der Waals surface area contributed by atoms with Gasteiger partial charge in [0.15, 0.2) is 11.4 Å². The summed E-state index contributed by atoms with van der Waals surface area (Å²) in [6.07, 6.45) is 1.19. The van der Waals surface area contributed by atoms with Gasteiger partial charge >= 0.3 is 5.97 Å². The summed E-state index contributed by atoms with van der Waals surface area (Å²) in [5, 5.41) is 9.09. The Labute approximate surface area is 143 Å². The van der Waals surface area contributed by atoms with Gasteiger partial charge in [-0.2, -0.15) is 0 Å². The Hall–Kier alpha value is -2.78. The van der Waals surface area contributed by atoms with Crippen LogP contribution in [0.4, 0.5) is 4.39 Å². The van der Waals surface area contributed by atoms with Crippen LogP contribution in [0.25, 0.3) is 0 Å². The van der Waals surface area contributed by atoms with E-state index in [0.717, 1.165) is 5.56 Å². The second kappa shape index (κ2) is 6.99. The third kappa shape index (κ3) is 3.52. The number of benzene rings is 1. The number of nitrogens with one attached hydrogen (secondary N) is 3. The highest BCUT2D eigenvalue weighted by atomic mass is 19.1. The number of amides is 1. The van der Waals surface area contributed by atoms with Crippen molar-refractivity contribution in [3.05, 3.63) is 53.4 Å². The van der Waals surface area contributed by atoms with E-state index in [4.69, 9.17) is 5.11 Å². The number of carbonyl (C=O) groups excluding carboxylic acids is 1. The lowest BCUT2D eigenvalue weighted by Crippen LogP contribution is -2.35. The molecular weight excluding hydrogens is 329 g/mol. The van der Waals surface area contributed by atoms with Crippen LogP contribution in [-0.2, 0) is 0 Å². The molecule has 1 aromatic carbocycles. The average molecular weight is 347 g/mol. The molecule has 1 fully saturated rings. The van der Waals surface area contributed by atoms with Crippen molar-refractivity contribution in [3.63, 3.8) is 0 Å². The Kier molecular flexibility index (Phi) is 4.77. The van der Waals surface area contributed by atoms with Gasteiger partial charge in [-0.05, 0) is 17.7 Å². The van der Waals surface area contributed by atoms with Crippen molar-refractivity contribution in [3.8, 4) is 0 Å². The van der Waals surface area contributed by atoms with Gasteiger partial charge in [0.2, 0.25) is 0 Å². The van der Waals surface area contributed by atoms with E-state index < -0.39 is 11.9 Å².